The summed E-state index contributed by atoms with van der Waals surface area (Å²) < 4.78 is 0. The molecule has 0 heterocycles. The van der Waals surface area contributed by atoms with Crippen molar-refractivity contribution in [3.8, 4) is 0 Å². The number of rotatable bonds is 4. The first-order chi connectivity index (χ1) is 10.8. The highest BCUT2D eigenvalue weighted by Crippen LogP contribution is 2.34. The van der Waals surface area contributed by atoms with Gasteiger partial charge in [0.25, 0.3) is 0 Å². The average Bonchev–Trinajstić information content (AvgIpc) is 2.30. The van der Waals surface area contributed by atoms with Gasteiger partial charge < -0.3 is 10.6 Å². The summed E-state index contributed by atoms with van der Waals surface area (Å²) in [6.07, 6.45) is 0.732. The van der Waals surface area contributed by atoms with Crippen molar-refractivity contribution in [2.75, 3.05) is 10.6 Å². The molecule has 4 nitrogen and oxygen atoms in total. The molecule has 1 aromatic rings. The van der Waals surface area contributed by atoms with Crippen LogP contribution in [0.1, 0.15) is 54.4 Å². The van der Waals surface area contributed by atoms with Crippen LogP contribution < -0.4 is 10.6 Å². The van der Waals surface area contributed by atoms with Gasteiger partial charge >= 0.3 is 0 Å². The van der Waals surface area contributed by atoms with Gasteiger partial charge in [0.05, 0.1) is 21.4 Å². The van der Waals surface area contributed by atoms with Crippen LogP contribution in [0.4, 0.5) is 11.4 Å². The lowest BCUT2D eigenvalue weighted by atomic mass is 9.92. The number of carbonyl (C=O) groups is 2. The second-order valence-corrected chi connectivity index (χ2v) is 9.20. The van der Waals surface area contributed by atoms with E-state index in [1.807, 2.05) is 41.5 Å². The second-order valence-electron chi connectivity index (χ2n) is 8.38. The predicted octanol–water partition coefficient (Wildman–Crippen LogP) is 5.74. The summed E-state index contributed by atoms with van der Waals surface area (Å²) in [4.78, 5) is 24.1. The van der Waals surface area contributed by atoms with E-state index in [9.17, 15) is 9.59 Å². The van der Waals surface area contributed by atoms with E-state index < -0.39 is 0 Å². The third-order valence-electron chi connectivity index (χ3n) is 2.99. The van der Waals surface area contributed by atoms with Gasteiger partial charge in [0, 0.05) is 12.8 Å². The number of halogens is 2. The Balaban J connectivity index is 2.86. The number of hydrogen-bond acceptors (Lipinski definition) is 2. The summed E-state index contributed by atoms with van der Waals surface area (Å²) in [5, 5.41) is 6.17. The molecular weight excluding hydrogens is 347 g/mol. The third-order valence-corrected chi connectivity index (χ3v) is 3.61. The van der Waals surface area contributed by atoms with Crippen LogP contribution in [0.3, 0.4) is 0 Å². The fourth-order valence-corrected chi connectivity index (χ4v) is 2.51. The lowest BCUT2D eigenvalue weighted by Gasteiger charge is -2.19. The number of amides is 2. The molecule has 2 amide bonds. The van der Waals surface area contributed by atoms with Gasteiger partial charge in [-0.05, 0) is 23.0 Å². The molecule has 0 aliphatic rings. The van der Waals surface area contributed by atoms with Crippen LogP contribution in [0.25, 0.3) is 0 Å². The van der Waals surface area contributed by atoms with Gasteiger partial charge in [-0.1, -0.05) is 64.7 Å². The Kier molecular flexibility index (Phi) is 6.71. The molecule has 0 spiro atoms. The maximum atomic E-state index is 12.0. The highest BCUT2D eigenvalue weighted by Gasteiger charge is 2.19. The second kappa shape index (κ2) is 7.75. The number of carbonyl (C=O) groups excluding carboxylic acids is 2. The van der Waals surface area contributed by atoms with Crippen LogP contribution in [0.15, 0.2) is 12.1 Å². The van der Waals surface area contributed by atoms with Gasteiger partial charge in [-0.2, -0.15) is 0 Å². The molecule has 24 heavy (non-hydrogen) atoms. The Morgan fingerprint density at radius 3 is 1.33 bits per heavy atom. The zero-order valence-electron chi connectivity index (χ0n) is 15.1. The van der Waals surface area contributed by atoms with E-state index >= 15 is 0 Å². The lowest BCUT2D eigenvalue weighted by Crippen LogP contribution is -2.21. The topological polar surface area (TPSA) is 58.2 Å². The Bertz CT molecular complexity index is 573. The van der Waals surface area contributed by atoms with Crippen molar-refractivity contribution in [3.05, 3.63) is 22.2 Å². The average molecular weight is 373 g/mol. The molecule has 0 aliphatic carbocycles. The van der Waals surface area contributed by atoms with Crippen molar-refractivity contribution in [2.45, 2.75) is 54.4 Å². The molecule has 0 fully saturated rings. The summed E-state index contributed by atoms with van der Waals surface area (Å²) in [5.41, 5.74) is 0.622. The van der Waals surface area contributed by atoms with E-state index in [0.717, 1.165) is 0 Å². The highest BCUT2D eigenvalue weighted by atomic mass is 35.5. The molecular formula is C18H26Cl2N2O2. The van der Waals surface area contributed by atoms with E-state index in [0.29, 0.717) is 34.3 Å². The Morgan fingerprint density at radius 1 is 0.792 bits per heavy atom. The minimum atomic E-state index is -0.134. The minimum Gasteiger partial charge on any atom is -0.325 e. The van der Waals surface area contributed by atoms with Crippen molar-refractivity contribution in [3.63, 3.8) is 0 Å². The minimum absolute atomic E-state index is 0.124. The molecule has 0 saturated carbocycles. The van der Waals surface area contributed by atoms with Gasteiger partial charge in [0.1, 0.15) is 0 Å². The van der Waals surface area contributed by atoms with Gasteiger partial charge in [0.2, 0.25) is 11.8 Å². The van der Waals surface area contributed by atoms with E-state index in [-0.39, 0.29) is 22.6 Å². The fourth-order valence-electron chi connectivity index (χ4n) is 2.09. The summed E-state index contributed by atoms with van der Waals surface area (Å²) in [6, 6.07) is 3.11. The summed E-state index contributed by atoms with van der Waals surface area (Å²) in [6.45, 7) is 11.9. The molecule has 0 bridgehead atoms. The van der Waals surface area contributed by atoms with Crippen molar-refractivity contribution >= 4 is 46.4 Å². The van der Waals surface area contributed by atoms with Crippen molar-refractivity contribution in [1.29, 1.82) is 0 Å². The highest BCUT2D eigenvalue weighted by molar-refractivity contribution is 6.38. The van der Waals surface area contributed by atoms with Crippen LogP contribution in [-0.4, -0.2) is 11.8 Å². The molecule has 134 valence electrons. The van der Waals surface area contributed by atoms with Crippen LogP contribution in [0.5, 0.6) is 0 Å². The monoisotopic (exact) mass is 372 g/mol. The first-order valence-corrected chi connectivity index (χ1v) is 8.61. The first-order valence-electron chi connectivity index (χ1n) is 7.86. The van der Waals surface area contributed by atoms with Gasteiger partial charge in [0.15, 0.2) is 0 Å². The molecule has 0 aromatic heterocycles. The van der Waals surface area contributed by atoms with Crippen molar-refractivity contribution in [1.82, 2.24) is 0 Å². The molecule has 0 radical (unpaired) electrons. The predicted molar refractivity (Wildman–Crippen MR) is 102 cm³/mol. The number of hydrogen-bond donors (Lipinski definition) is 2. The SMILES string of the molecule is CC(C)(C)CC(=O)Nc1cc(Cl)c(NC(=O)CC(C)(C)C)cc1Cl. The molecule has 1 aromatic carbocycles. The lowest BCUT2D eigenvalue weighted by molar-refractivity contribution is -0.118. The van der Waals surface area contributed by atoms with Crippen LogP contribution >= 0.6 is 23.2 Å². The summed E-state index contributed by atoms with van der Waals surface area (Å²) >= 11 is 12.4. The van der Waals surface area contributed by atoms with Gasteiger partial charge in [-0.25, -0.2) is 0 Å². The number of nitrogens with one attached hydrogen (secondary N) is 2. The summed E-state index contributed by atoms with van der Waals surface area (Å²) in [5.74, 6) is -0.269. The summed E-state index contributed by atoms with van der Waals surface area (Å²) in [7, 11) is 0. The van der Waals surface area contributed by atoms with Gasteiger partial charge in [-0.3, -0.25) is 9.59 Å². The zero-order valence-corrected chi connectivity index (χ0v) is 16.7. The van der Waals surface area contributed by atoms with Crippen LogP contribution in [-0.2, 0) is 9.59 Å². The molecule has 0 unspecified atom stereocenters. The molecule has 6 heteroatoms. The van der Waals surface area contributed by atoms with Crippen molar-refractivity contribution < 1.29 is 9.59 Å². The van der Waals surface area contributed by atoms with E-state index in [1.54, 1.807) is 12.1 Å². The molecule has 0 aliphatic heterocycles. The molecule has 0 saturated heterocycles. The first kappa shape index (κ1) is 20.8. The maximum Gasteiger partial charge on any atom is 0.224 e. The van der Waals surface area contributed by atoms with Crippen LogP contribution in [0.2, 0.25) is 10.0 Å². The molecule has 0 atom stereocenters. The zero-order chi connectivity index (χ0) is 18.7. The number of anilines is 2. The largest absolute Gasteiger partial charge is 0.325 e. The Hall–Kier alpha value is -1.26. The fraction of sp³-hybridized carbons (Fsp3) is 0.556. The van der Waals surface area contributed by atoms with E-state index in [1.165, 1.54) is 0 Å². The standard InChI is InChI=1S/C18H26Cl2N2O2/c1-17(2,3)9-15(23)21-13-7-12(20)14(8-11(13)19)22-16(24)10-18(4,5)6/h7-8H,9-10H2,1-6H3,(H,21,23)(H,22,24). The van der Waals surface area contributed by atoms with Gasteiger partial charge in [-0.15, -0.1) is 0 Å². The third kappa shape index (κ3) is 7.54. The van der Waals surface area contributed by atoms with Crippen molar-refractivity contribution in [2.24, 2.45) is 10.8 Å². The normalized spacial score (nSPS) is 12.0. The Morgan fingerprint density at radius 2 is 1.08 bits per heavy atom. The van der Waals surface area contributed by atoms with E-state index in [4.69, 9.17) is 23.2 Å². The molecule has 2 N–H and O–H groups in total. The Labute approximate surface area is 154 Å². The number of benzene rings is 1. The van der Waals surface area contributed by atoms with E-state index in [2.05, 4.69) is 10.6 Å². The quantitative estimate of drug-likeness (QED) is 0.707. The smallest absolute Gasteiger partial charge is 0.224 e. The maximum absolute atomic E-state index is 12.0. The molecule has 1 rings (SSSR count). The van der Waals surface area contributed by atoms with Crippen LogP contribution in [0, 0.1) is 10.8 Å².